The van der Waals surface area contributed by atoms with Crippen molar-refractivity contribution in [3.8, 4) is 5.75 Å². The minimum atomic E-state index is -3.71. The number of hydrogen-bond acceptors (Lipinski definition) is 9. The second-order valence-electron chi connectivity index (χ2n) is 7.99. The third-order valence-electron chi connectivity index (χ3n) is 5.48. The van der Waals surface area contributed by atoms with E-state index in [0.717, 1.165) is 17.6 Å². The lowest BCUT2D eigenvalue weighted by molar-refractivity contribution is -0.201. The molecule has 0 amide bonds. The Morgan fingerprint density at radius 3 is 2.32 bits per heavy atom. The number of carbonyl (C=O) groups excluding carboxylic acids is 1. The zero-order chi connectivity index (χ0) is 24.7. The molecule has 0 bridgehead atoms. The molecule has 3 rings (SSSR count). The number of ether oxygens (including phenoxy) is 4. The van der Waals surface area contributed by atoms with E-state index in [0.29, 0.717) is 5.56 Å². The van der Waals surface area contributed by atoms with Gasteiger partial charge in [-0.05, 0) is 36.1 Å². The van der Waals surface area contributed by atoms with Crippen LogP contribution in [0.1, 0.15) is 22.8 Å². The fraction of sp³-hybridized carbons (Fsp3) is 0.458. The SMILES string of the molecule is COc1ccc(CO[C@H]2C(COS(C)(=O)=O)O[C@@H](SC)C(C)[C@H]2OC(=O)c2ccccc2)cc1. The minimum absolute atomic E-state index is 0.198. The molecule has 5 atom stereocenters. The van der Waals surface area contributed by atoms with Gasteiger partial charge in [-0.1, -0.05) is 37.3 Å². The largest absolute Gasteiger partial charge is 0.497 e. The van der Waals surface area contributed by atoms with Gasteiger partial charge in [-0.2, -0.15) is 8.42 Å². The highest BCUT2D eigenvalue weighted by molar-refractivity contribution is 7.99. The third-order valence-corrected chi connectivity index (χ3v) is 7.05. The van der Waals surface area contributed by atoms with E-state index in [4.69, 9.17) is 23.1 Å². The maximum Gasteiger partial charge on any atom is 0.338 e. The van der Waals surface area contributed by atoms with Crippen molar-refractivity contribution in [1.29, 1.82) is 0 Å². The van der Waals surface area contributed by atoms with Crippen LogP contribution in [0.2, 0.25) is 0 Å². The normalized spacial score (nSPS) is 25.0. The summed E-state index contributed by atoms with van der Waals surface area (Å²) in [5.41, 5.74) is 0.943. The van der Waals surface area contributed by atoms with Gasteiger partial charge in [-0.25, -0.2) is 4.79 Å². The van der Waals surface area contributed by atoms with E-state index >= 15 is 0 Å². The summed E-state index contributed by atoms with van der Waals surface area (Å²) in [4.78, 5) is 12.9. The Morgan fingerprint density at radius 1 is 1.06 bits per heavy atom. The van der Waals surface area contributed by atoms with E-state index in [1.165, 1.54) is 11.8 Å². The van der Waals surface area contributed by atoms with Gasteiger partial charge in [0.05, 0.1) is 32.1 Å². The lowest BCUT2D eigenvalue weighted by Gasteiger charge is -2.44. The lowest BCUT2D eigenvalue weighted by atomic mass is 9.93. The number of methoxy groups -OCH3 is 1. The van der Waals surface area contributed by atoms with E-state index in [2.05, 4.69) is 0 Å². The molecule has 0 saturated carbocycles. The van der Waals surface area contributed by atoms with E-state index < -0.39 is 34.4 Å². The monoisotopic (exact) mass is 510 g/mol. The molecule has 0 N–H and O–H groups in total. The third kappa shape index (κ3) is 7.19. The fourth-order valence-corrected chi connectivity index (χ4v) is 4.91. The van der Waals surface area contributed by atoms with Crippen molar-refractivity contribution in [2.45, 2.75) is 37.3 Å². The summed E-state index contributed by atoms with van der Waals surface area (Å²) in [6.45, 7) is 1.86. The molecule has 0 radical (unpaired) electrons. The van der Waals surface area contributed by atoms with E-state index in [1.807, 2.05) is 43.5 Å². The first-order valence-electron chi connectivity index (χ1n) is 10.7. The molecular weight excluding hydrogens is 480 g/mol. The first-order valence-corrected chi connectivity index (χ1v) is 13.9. The van der Waals surface area contributed by atoms with Gasteiger partial charge in [0, 0.05) is 5.92 Å². The minimum Gasteiger partial charge on any atom is -0.497 e. The van der Waals surface area contributed by atoms with Crippen LogP contribution in [-0.2, 0) is 35.1 Å². The van der Waals surface area contributed by atoms with Crippen LogP contribution >= 0.6 is 11.8 Å². The molecule has 0 spiro atoms. The van der Waals surface area contributed by atoms with Gasteiger partial charge in [0.1, 0.15) is 29.5 Å². The van der Waals surface area contributed by atoms with E-state index in [9.17, 15) is 13.2 Å². The highest BCUT2D eigenvalue weighted by Gasteiger charge is 2.47. The zero-order valence-corrected chi connectivity index (χ0v) is 21.2. The van der Waals surface area contributed by atoms with Gasteiger partial charge >= 0.3 is 5.97 Å². The van der Waals surface area contributed by atoms with Crippen LogP contribution in [0.3, 0.4) is 0 Å². The van der Waals surface area contributed by atoms with Gasteiger partial charge in [0.25, 0.3) is 10.1 Å². The Bertz CT molecular complexity index is 1030. The predicted molar refractivity (Wildman–Crippen MR) is 129 cm³/mol. The smallest absolute Gasteiger partial charge is 0.338 e. The molecule has 2 aromatic carbocycles. The Labute approximate surface area is 205 Å². The molecule has 1 aliphatic heterocycles. The van der Waals surface area contributed by atoms with Crippen molar-refractivity contribution in [2.75, 3.05) is 26.2 Å². The zero-order valence-electron chi connectivity index (χ0n) is 19.6. The standard InChI is InChI=1S/C24H30O8S2/c1-16-21(32-23(25)18-8-6-5-7-9-18)22(29-14-17-10-12-19(28-2)13-11-17)20(31-24(16)33-3)15-30-34(4,26)27/h5-13,16,20-22,24H,14-15H2,1-4H3/t16?,20?,21-,22+,24+/m1/s1. The number of carbonyl (C=O) groups is 1. The molecule has 186 valence electrons. The Kier molecular flexibility index (Phi) is 9.38. The topological polar surface area (TPSA) is 97.4 Å². The molecule has 0 aliphatic carbocycles. The molecule has 2 unspecified atom stereocenters. The fourth-order valence-electron chi connectivity index (χ4n) is 3.69. The van der Waals surface area contributed by atoms with Gasteiger partial charge < -0.3 is 18.9 Å². The summed E-state index contributed by atoms with van der Waals surface area (Å²) < 4.78 is 51.8. The number of rotatable bonds is 10. The summed E-state index contributed by atoms with van der Waals surface area (Å²) in [5, 5.41) is 0. The van der Waals surface area contributed by atoms with Crippen molar-refractivity contribution < 1.29 is 36.3 Å². The van der Waals surface area contributed by atoms with Crippen LogP contribution in [0.25, 0.3) is 0 Å². The number of benzene rings is 2. The summed E-state index contributed by atoms with van der Waals surface area (Å²) in [7, 11) is -2.12. The average molecular weight is 511 g/mol. The lowest BCUT2D eigenvalue weighted by Crippen LogP contribution is -2.56. The van der Waals surface area contributed by atoms with Crippen molar-refractivity contribution in [2.24, 2.45) is 5.92 Å². The Hall–Kier alpha value is -2.11. The first kappa shape index (κ1) is 26.5. The van der Waals surface area contributed by atoms with Crippen LogP contribution in [0.15, 0.2) is 54.6 Å². The van der Waals surface area contributed by atoms with Crippen molar-refractivity contribution >= 4 is 27.8 Å². The summed E-state index contributed by atoms with van der Waals surface area (Å²) >= 11 is 1.45. The molecule has 1 saturated heterocycles. The number of hydrogen-bond donors (Lipinski definition) is 0. The van der Waals surface area contributed by atoms with Crippen molar-refractivity contribution in [1.82, 2.24) is 0 Å². The molecule has 0 aromatic heterocycles. The van der Waals surface area contributed by atoms with Crippen LogP contribution in [0, 0.1) is 5.92 Å². The van der Waals surface area contributed by atoms with Crippen LogP contribution in [0.5, 0.6) is 5.75 Å². The highest BCUT2D eigenvalue weighted by Crippen LogP contribution is 2.36. The molecule has 1 aliphatic rings. The second kappa shape index (κ2) is 12.0. The van der Waals surface area contributed by atoms with Crippen LogP contribution in [-0.4, -0.2) is 64.4 Å². The quantitative estimate of drug-likeness (QED) is 0.351. The average Bonchev–Trinajstić information content (AvgIpc) is 2.83. The molecule has 1 fully saturated rings. The second-order valence-corrected chi connectivity index (χ2v) is 10.6. The van der Waals surface area contributed by atoms with E-state index in [-0.39, 0.29) is 24.6 Å². The number of esters is 1. The molecule has 8 nitrogen and oxygen atoms in total. The molecule has 2 aromatic rings. The molecule has 1 heterocycles. The Morgan fingerprint density at radius 2 is 1.74 bits per heavy atom. The van der Waals surface area contributed by atoms with Gasteiger partial charge in [-0.3, -0.25) is 4.18 Å². The van der Waals surface area contributed by atoms with Gasteiger partial charge in [0.2, 0.25) is 0 Å². The predicted octanol–water partition coefficient (Wildman–Crippen LogP) is 3.51. The van der Waals surface area contributed by atoms with Crippen molar-refractivity contribution in [3.05, 3.63) is 65.7 Å². The summed E-state index contributed by atoms with van der Waals surface area (Å²) in [6.07, 6.45) is 0.643. The molecular formula is C24H30O8S2. The molecule has 34 heavy (non-hydrogen) atoms. The Balaban J connectivity index is 1.85. The maximum atomic E-state index is 12.9. The van der Waals surface area contributed by atoms with Crippen molar-refractivity contribution in [3.63, 3.8) is 0 Å². The summed E-state index contributed by atoms with van der Waals surface area (Å²) in [5.74, 6) is 0.00771. The molecule has 10 heteroatoms. The summed E-state index contributed by atoms with van der Waals surface area (Å²) in [6, 6.07) is 16.1. The van der Waals surface area contributed by atoms with Gasteiger partial charge in [-0.15, -0.1) is 11.8 Å². The van der Waals surface area contributed by atoms with E-state index in [1.54, 1.807) is 31.4 Å². The van der Waals surface area contributed by atoms with Crippen LogP contribution < -0.4 is 4.74 Å². The first-order chi connectivity index (χ1) is 16.2. The highest BCUT2D eigenvalue weighted by atomic mass is 32.2. The van der Waals surface area contributed by atoms with Gasteiger partial charge in [0.15, 0.2) is 0 Å². The maximum absolute atomic E-state index is 12.9. The van der Waals surface area contributed by atoms with Crippen LogP contribution in [0.4, 0.5) is 0 Å². The number of thioether (sulfide) groups is 1.